The molecule has 2 aliphatic rings. The summed E-state index contributed by atoms with van der Waals surface area (Å²) in [5.41, 5.74) is 1.21. The van der Waals surface area contributed by atoms with Crippen molar-refractivity contribution in [1.29, 1.82) is 0 Å². The highest BCUT2D eigenvalue weighted by molar-refractivity contribution is 5.71. The number of rotatable bonds is 8. The molecule has 2 aromatic heterocycles. The van der Waals surface area contributed by atoms with Crippen molar-refractivity contribution in [2.75, 3.05) is 31.6 Å². The average Bonchev–Trinajstić information content (AvgIpc) is 3.42. The number of carbonyl (C=O) groups is 1. The molecule has 3 heterocycles. The summed E-state index contributed by atoms with van der Waals surface area (Å²) < 4.78 is 7.48. The van der Waals surface area contributed by atoms with Crippen LogP contribution in [0.25, 0.3) is 5.78 Å². The molecule has 1 aliphatic heterocycles. The van der Waals surface area contributed by atoms with Gasteiger partial charge >= 0.3 is 6.09 Å². The minimum absolute atomic E-state index is 0.158. The monoisotopic (exact) mass is 485 g/mol. The zero-order chi connectivity index (χ0) is 25.4. The van der Waals surface area contributed by atoms with Gasteiger partial charge in [-0.1, -0.05) is 33.1 Å². The Morgan fingerprint density at radius 3 is 2.60 bits per heavy atom. The summed E-state index contributed by atoms with van der Waals surface area (Å²) in [5.74, 6) is 2.25. The van der Waals surface area contributed by atoms with Gasteiger partial charge in [0.1, 0.15) is 11.3 Å². The molecule has 2 fully saturated rings. The topological polar surface area (TPSA) is 87.9 Å². The molecule has 1 saturated carbocycles. The van der Waals surface area contributed by atoms with Crippen molar-refractivity contribution in [3.05, 3.63) is 17.6 Å². The maximum Gasteiger partial charge on any atom is 0.410 e. The first-order valence-corrected chi connectivity index (χ1v) is 13.2. The Morgan fingerprint density at radius 1 is 1.23 bits per heavy atom. The van der Waals surface area contributed by atoms with Crippen molar-refractivity contribution in [1.82, 2.24) is 29.8 Å². The Kier molecular flexibility index (Phi) is 7.27. The summed E-state index contributed by atoms with van der Waals surface area (Å²) >= 11 is 0. The van der Waals surface area contributed by atoms with Crippen LogP contribution in [-0.4, -0.2) is 68.4 Å². The van der Waals surface area contributed by atoms with E-state index < -0.39 is 5.60 Å². The predicted octanol–water partition coefficient (Wildman–Crippen LogP) is 4.50. The van der Waals surface area contributed by atoms with Gasteiger partial charge in [-0.15, -0.1) is 0 Å². The summed E-state index contributed by atoms with van der Waals surface area (Å²) in [6, 6.07) is 0.193. The van der Waals surface area contributed by atoms with E-state index in [2.05, 4.69) is 24.1 Å². The molecule has 35 heavy (non-hydrogen) atoms. The molecule has 1 aliphatic carbocycles. The summed E-state index contributed by atoms with van der Waals surface area (Å²) in [7, 11) is 1.99. The second-order valence-electron chi connectivity index (χ2n) is 11.5. The van der Waals surface area contributed by atoms with E-state index >= 15 is 0 Å². The molecule has 4 rings (SSSR count). The van der Waals surface area contributed by atoms with Crippen molar-refractivity contribution in [2.45, 2.75) is 97.2 Å². The molecule has 9 nitrogen and oxygen atoms in total. The summed E-state index contributed by atoms with van der Waals surface area (Å²) in [6.07, 6.45) is 8.45. The van der Waals surface area contributed by atoms with Crippen molar-refractivity contribution in [3.8, 4) is 0 Å². The lowest BCUT2D eigenvalue weighted by Gasteiger charge is -2.43. The zero-order valence-electron chi connectivity index (χ0n) is 22.6. The van der Waals surface area contributed by atoms with E-state index in [9.17, 15) is 4.79 Å². The van der Waals surface area contributed by atoms with Gasteiger partial charge in [0.15, 0.2) is 5.82 Å². The van der Waals surface area contributed by atoms with Crippen LogP contribution in [0.4, 0.5) is 10.6 Å². The van der Waals surface area contributed by atoms with E-state index in [0.29, 0.717) is 18.9 Å². The number of fused-ring (bicyclic) bond motifs is 1. The number of ether oxygens (including phenoxy) is 1. The first-order valence-electron chi connectivity index (χ1n) is 13.2. The first kappa shape index (κ1) is 25.7. The quantitative estimate of drug-likeness (QED) is 0.589. The standard InChI is InChI=1S/C26H43N7O2/c1-8-18(2)10-9-11-20(27-7)21-16-33-23(28-21)29-22(19(3)30-33)31-14-15-32(26(17-31)12-13-26)24(34)35-25(4,5)6/h16,18,20,27H,8-15,17H2,1-7H3. The Bertz CT molecular complexity index is 1040. The number of hydrogen-bond acceptors (Lipinski definition) is 7. The van der Waals surface area contributed by atoms with Crippen LogP contribution in [0.3, 0.4) is 0 Å². The van der Waals surface area contributed by atoms with Gasteiger partial charge in [0.2, 0.25) is 0 Å². The molecular weight excluding hydrogens is 442 g/mol. The molecule has 0 radical (unpaired) electrons. The minimum atomic E-state index is -0.491. The van der Waals surface area contributed by atoms with Gasteiger partial charge in [-0.3, -0.25) is 4.90 Å². The van der Waals surface area contributed by atoms with E-state index in [1.165, 1.54) is 19.3 Å². The molecule has 194 valence electrons. The van der Waals surface area contributed by atoms with Crippen LogP contribution >= 0.6 is 0 Å². The molecule has 1 amide bonds. The van der Waals surface area contributed by atoms with Crippen molar-refractivity contribution in [3.63, 3.8) is 0 Å². The van der Waals surface area contributed by atoms with Crippen LogP contribution in [0.15, 0.2) is 6.20 Å². The summed E-state index contributed by atoms with van der Waals surface area (Å²) in [5, 5.41) is 8.22. The summed E-state index contributed by atoms with van der Waals surface area (Å²) in [4.78, 5) is 26.8. The normalized spacial score (nSPS) is 19.3. The lowest BCUT2D eigenvalue weighted by molar-refractivity contribution is 0.0106. The fourth-order valence-corrected chi connectivity index (χ4v) is 5.03. The van der Waals surface area contributed by atoms with E-state index in [1.807, 2.05) is 45.8 Å². The van der Waals surface area contributed by atoms with Crippen molar-refractivity contribution in [2.24, 2.45) is 5.92 Å². The molecule has 2 atom stereocenters. The average molecular weight is 486 g/mol. The van der Waals surface area contributed by atoms with E-state index in [4.69, 9.17) is 19.8 Å². The van der Waals surface area contributed by atoms with Gasteiger partial charge in [0.25, 0.3) is 5.78 Å². The van der Waals surface area contributed by atoms with E-state index in [1.54, 1.807) is 4.52 Å². The van der Waals surface area contributed by atoms with Gasteiger partial charge in [0, 0.05) is 19.6 Å². The van der Waals surface area contributed by atoms with Crippen LogP contribution in [0.2, 0.25) is 0 Å². The Balaban J connectivity index is 1.49. The molecule has 1 spiro atoms. The van der Waals surface area contributed by atoms with Gasteiger partial charge in [0.05, 0.1) is 23.5 Å². The number of nitrogens with zero attached hydrogens (tertiary/aromatic N) is 6. The number of imidazole rings is 1. The van der Waals surface area contributed by atoms with E-state index in [0.717, 1.165) is 48.9 Å². The number of carbonyl (C=O) groups excluding carboxylic acids is 1. The highest BCUT2D eigenvalue weighted by atomic mass is 16.6. The third-order valence-corrected chi connectivity index (χ3v) is 7.46. The number of nitrogens with one attached hydrogen (secondary N) is 1. The van der Waals surface area contributed by atoms with Crippen LogP contribution < -0.4 is 10.2 Å². The predicted molar refractivity (Wildman–Crippen MR) is 138 cm³/mol. The number of aromatic nitrogens is 4. The number of amides is 1. The third-order valence-electron chi connectivity index (χ3n) is 7.46. The van der Waals surface area contributed by atoms with Crippen LogP contribution in [0.1, 0.15) is 90.6 Å². The zero-order valence-corrected chi connectivity index (χ0v) is 22.6. The second kappa shape index (κ2) is 9.91. The lowest BCUT2D eigenvalue weighted by Crippen LogP contribution is -2.58. The maximum atomic E-state index is 12.8. The van der Waals surface area contributed by atoms with Crippen LogP contribution in [0.5, 0.6) is 0 Å². The second-order valence-corrected chi connectivity index (χ2v) is 11.5. The number of anilines is 1. The highest BCUT2D eigenvalue weighted by Crippen LogP contribution is 2.45. The van der Waals surface area contributed by atoms with E-state index in [-0.39, 0.29) is 17.7 Å². The number of hydrogen-bond donors (Lipinski definition) is 1. The first-order chi connectivity index (χ1) is 16.5. The van der Waals surface area contributed by atoms with Gasteiger partial charge in [-0.25, -0.2) is 14.3 Å². The maximum absolute atomic E-state index is 12.8. The number of piperazine rings is 1. The molecule has 1 N–H and O–H groups in total. The summed E-state index contributed by atoms with van der Waals surface area (Å²) in [6.45, 7) is 14.4. The molecule has 2 unspecified atom stereocenters. The van der Waals surface area contributed by atoms with Gasteiger partial charge in [-0.2, -0.15) is 10.1 Å². The fourth-order valence-electron chi connectivity index (χ4n) is 5.03. The molecule has 9 heteroatoms. The Hall–Kier alpha value is -2.42. The molecule has 0 aromatic carbocycles. The van der Waals surface area contributed by atoms with Crippen LogP contribution in [-0.2, 0) is 4.74 Å². The minimum Gasteiger partial charge on any atom is -0.444 e. The number of aryl methyl sites for hydroxylation is 1. The fraction of sp³-hybridized carbons (Fsp3) is 0.769. The third kappa shape index (κ3) is 5.71. The SMILES string of the molecule is CCC(C)CCCC(NC)c1cn2nc(C)c(N3CCN(C(=O)OC(C)(C)C)C4(CC4)C3)nc2n1. The van der Waals surface area contributed by atoms with Crippen LogP contribution in [0, 0.1) is 12.8 Å². The highest BCUT2D eigenvalue weighted by Gasteiger charge is 2.54. The van der Waals surface area contributed by atoms with Gasteiger partial charge < -0.3 is 15.0 Å². The van der Waals surface area contributed by atoms with Crippen molar-refractivity contribution < 1.29 is 9.53 Å². The Labute approximate surface area is 209 Å². The molecule has 1 saturated heterocycles. The molecule has 2 aromatic rings. The van der Waals surface area contributed by atoms with Crippen molar-refractivity contribution >= 4 is 17.7 Å². The van der Waals surface area contributed by atoms with Gasteiger partial charge in [-0.05, 0) is 59.9 Å². The lowest BCUT2D eigenvalue weighted by atomic mass is 9.98. The Morgan fingerprint density at radius 2 is 1.97 bits per heavy atom. The molecule has 0 bridgehead atoms. The smallest absolute Gasteiger partial charge is 0.410 e. The molecular formula is C26H43N7O2. The largest absolute Gasteiger partial charge is 0.444 e.